The van der Waals surface area contributed by atoms with Crippen molar-refractivity contribution in [1.29, 1.82) is 0 Å². The van der Waals surface area contributed by atoms with Gasteiger partial charge in [0.25, 0.3) is 0 Å². The number of carboxylic acid groups (broad SMARTS) is 2. The van der Waals surface area contributed by atoms with E-state index >= 15 is 0 Å². The van der Waals surface area contributed by atoms with E-state index in [1.54, 1.807) is 36.4 Å². The first kappa shape index (κ1) is 41.1. The van der Waals surface area contributed by atoms with Crippen LogP contribution in [-0.2, 0) is 19.5 Å². The number of aromatic carboxylic acids is 2. The van der Waals surface area contributed by atoms with E-state index in [-0.39, 0.29) is 41.5 Å². The predicted molar refractivity (Wildman–Crippen MR) is 205 cm³/mol. The number of hydrogen-bond donors (Lipinski definition) is 2. The molecule has 0 bridgehead atoms. The van der Waals surface area contributed by atoms with Crippen LogP contribution in [0, 0.1) is 0 Å². The van der Waals surface area contributed by atoms with Gasteiger partial charge < -0.3 is 31.3 Å². The number of benzene rings is 6. The van der Waals surface area contributed by atoms with Crippen molar-refractivity contribution in [3.05, 3.63) is 193 Å². The molecule has 1 atom stereocenters. The molecule has 0 aliphatic heterocycles. The summed E-state index contributed by atoms with van der Waals surface area (Å²) >= 11 is 0. The standard InChI is InChI=1S/C28H30N2P2.2C7H6O2.Ru/c1-28(27(30)22-29,31(23-14-6-2-7-15-23)24-16-8-3-9-17-24)32(25-18-10-4-11-19-25)26-20-12-5-13-21-26;2*8-7(9)6-4-2-1-3-5-6;/h2-21,27H,22,29-30H2,1H3;2*1-5H,(H,8,9);/q;;;+2/p-2. The number of hydrogen-bond acceptors (Lipinski definition) is 6. The summed E-state index contributed by atoms with van der Waals surface area (Å²) in [5, 5.41) is 25.5. The second-order valence-corrected chi connectivity index (χ2v) is 16.9. The van der Waals surface area contributed by atoms with E-state index in [0.29, 0.717) is 6.54 Å². The molecule has 1 unspecified atom stereocenters. The summed E-state index contributed by atoms with van der Waals surface area (Å²) in [4.78, 5) is 19.9. The molecule has 0 saturated carbocycles. The summed E-state index contributed by atoms with van der Waals surface area (Å²) in [7, 11) is -1.61. The van der Waals surface area contributed by atoms with E-state index in [1.807, 2.05) is 0 Å². The molecule has 0 aliphatic carbocycles. The first-order chi connectivity index (χ1) is 24.3. The Bertz CT molecular complexity index is 1660. The second-order valence-electron chi connectivity index (χ2n) is 11.3. The van der Waals surface area contributed by atoms with Gasteiger partial charge in [0.15, 0.2) is 0 Å². The molecule has 6 nitrogen and oxygen atoms in total. The van der Waals surface area contributed by atoms with Crippen LogP contribution in [-0.4, -0.2) is 29.4 Å². The van der Waals surface area contributed by atoms with Crippen LogP contribution < -0.4 is 42.9 Å². The Balaban J connectivity index is 0.000000301. The topological polar surface area (TPSA) is 132 Å². The summed E-state index contributed by atoms with van der Waals surface area (Å²) in [6.07, 6.45) is 0. The van der Waals surface area contributed by atoms with E-state index in [4.69, 9.17) is 11.5 Å². The van der Waals surface area contributed by atoms with Crippen molar-refractivity contribution in [1.82, 2.24) is 0 Å². The third-order valence-electron chi connectivity index (χ3n) is 7.94. The maximum atomic E-state index is 10.1. The van der Waals surface area contributed by atoms with E-state index < -0.39 is 27.8 Å². The fraction of sp³-hybridized carbons (Fsp3) is 0.0952. The van der Waals surface area contributed by atoms with Gasteiger partial charge in [0.1, 0.15) is 0 Å². The molecule has 0 spiro atoms. The molecular formula is C42H40N2O4P2Ru. The van der Waals surface area contributed by atoms with Crippen molar-refractivity contribution < 1.29 is 39.3 Å². The van der Waals surface area contributed by atoms with Gasteiger partial charge in [-0.05, 0) is 55.1 Å². The molecule has 0 saturated heterocycles. The van der Waals surface area contributed by atoms with Crippen LogP contribution in [0.2, 0.25) is 0 Å². The van der Waals surface area contributed by atoms with Gasteiger partial charge in [-0.3, -0.25) is 0 Å². The molecule has 0 radical (unpaired) electrons. The Morgan fingerprint density at radius 1 is 0.510 bits per heavy atom. The van der Waals surface area contributed by atoms with Crippen LogP contribution in [0.3, 0.4) is 0 Å². The quantitative estimate of drug-likeness (QED) is 0.157. The Kier molecular flexibility index (Phi) is 17.0. The van der Waals surface area contributed by atoms with Crippen LogP contribution in [0.4, 0.5) is 0 Å². The first-order valence-corrected chi connectivity index (χ1v) is 18.7. The molecule has 9 heteroatoms. The molecule has 51 heavy (non-hydrogen) atoms. The number of carbonyl (C=O) groups excluding carboxylic acids is 2. The van der Waals surface area contributed by atoms with E-state index in [1.165, 1.54) is 45.5 Å². The minimum atomic E-state index is -1.13. The van der Waals surface area contributed by atoms with Gasteiger partial charge in [0.2, 0.25) is 0 Å². The minimum absolute atomic E-state index is 0. The molecule has 0 fully saturated rings. The summed E-state index contributed by atoms with van der Waals surface area (Å²) in [5.74, 6) is -2.26. The molecule has 0 amide bonds. The van der Waals surface area contributed by atoms with Gasteiger partial charge >= 0.3 is 19.5 Å². The Hall–Kier alpha value is -4.34. The van der Waals surface area contributed by atoms with E-state index in [0.717, 1.165) is 0 Å². The molecular weight excluding hydrogens is 759 g/mol. The van der Waals surface area contributed by atoms with Gasteiger partial charge in [0.05, 0.1) is 11.9 Å². The van der Waals surface area contributed by atoms with Gasteiger partial charge in [-0.2, -0.15) is 0 Å². The first-order valence-electron chi connectivity index (χ1n) is 16.1. The zero-order valence-electron chi connectivity index (χ0n) is 28.1. The molecule has 0 aromatic heterocycles. The van der Waals surface area contributed by atoms with Crippen molar-refractivity contribution in [2.24, 2.45) is 11.5 Å². The maximum Gasteiger partial charge on any atom is 2.00 e. The zero-order valence-corrected chi connectivity index (χ0v) is 31.7. The Morgan fingerprint density at radius 3 is 0.902 bits per heavy atom. The van der Waals surface area contributed by atoms with Crippen LogP contribution >= 0.6 is 15.8 Å². The SMILES string of the molecule is CC(C(N)CN)(P(c1ccccc1)c1ccccc1)P(c1ccccc1)c1ccccc1.O=C([O-])c1ccccc1.O=C([O-])c1ccccc1.[Ru+2]. The largest absolute Gasteiger partial charge is 2.00 e. The number of rotatable bonds is 10. The summed E-state index contributed by atoms with van der Waals surface area (Å²) in [6.45, 7) is 2.81. The number of carboxylic acids is 2. The zero-order chi connectivity index (χ0) is 35.8. The van der Waals surface area contributed by atoms with Gasteiger partial charge in [-0.15, -0.1) is 0 Å². The summed E-state index contributed by atoms with van der Waals surface area (Å²) in [6, 6.07) is 59.4. The van der Waals surface area contributed by atoms with E-state index in [2.05, 4.69) is 128 Å². The van der Waals surface area contributed by atoms with Crippen molar-refractivity contribution in [2.45, 2.75) is 17.9 Å². The number of nitrogens with two attached hydrogens (primary N) is 2. The monoisotopic (exact) mass is 800 g/mol. The third kappa shape index (κ3) is 11.3. The molecule has 4 N–H and O–H groups in total. The fourth-order valence-electron chi connectivity index (χ4n) is 5.46. The van der Waals surface area contributed by atoms with E-state index in [9.17, 15) is 19.8 Å². The average Bonchev–Trinajstić information content (AvgIpc) is 3.17. The fourth-order valence-corrected chi connectivity index (χ4v) is 13.1. The van der Waals surface area contributed by atoms with Crippen molar-refractivity contribution in [3.63, 3.8) is 0 Å². The Labute approximate surface area is 315 Å². The molecule has 0 aliphatic rings. The Morgan fingerprint density at radius 2 is 0.725 bits per heavy atom. The normalized spacial score (nSPS) is 11.2. The number of carbonyl (C=O) groups is 2. The minimum Gasteiger partial charge on any atom is -0.545 e. The van der Waals surface area contributed by atoms with Gasteiger partial charge in [-0.25, -0.2) is 0 Å². The summed E-state index contributed by atoms with van der Waals surface area (Å²) in [5.41, 5.74) is 13.8. The maximum absolute atomic E-state index is 10.1. The van der Waals surface area contributed by atoms with Crippen LogP contribution in [0.25, 0.3) is 0 Å². The molecule has 0 heterocycles. The van der Waals surface area contributed by atoms with Crippen LogP contribution in [0.5, 0.6) is 0 Å². The molecule has 6 aromatic rings. The predicted octanol–water partition coefficient (Wildman–Crippen LogP) is 4.35. The van der Waals surface area contributed by atoms with Gasteiger partial charge in [-0.1, -0.05) is 182 Å². The summed E-state index contributed by atoms with van der Waals surface area (Å²) < 4.78 is 0. The van der Waals surface area contributed by atoms with Crippen molar-refractivity contribution in [2.75, 3.05) is 6.54 Å². The van der Waals surface area contributed by atoms with Crippen molar-refractivity contribution >= 4 is 49.0 Å². The average molecular weight is 800 g/mol. The second kappa shape index (κ2) is 21.1. The van der Waals surface area contributed by atoms with Crippen molar-refractivity contribution in [3.8, 4) is 0 Å². The van der Waals surface area contributed by atoms with Gasteiger partial charge in [0, 0.05) is 17.5 Å². The smallest absolute Gasteiger partial charge is 0.545 e. The molecule has 260 valence electrons. The van der Waals surface area contributed by atoms with Crippen LogP contribution in [0.1, 0.15) is 27.6 Å². The third-order valence-corrected chi connectivity index (χ3v) is 14.9. The molecule has 6 aromatic carbocycles. The molecule has 6 rings (SSSR count). The van der Waals surface area contributed by atoms with Crippen LogP contribution in [0.15, 0.2) is 182 Å².